The van der Waals surface area contributed by atoms with Crippen LogP contribution in [0.5, 0.6) is 17.2 Å². The maximum absolute atomic E-state index is 12.5. The van der Waals surface area contributed by atoms with Gasteiger partial charge in [-0.15, -0.1) is 0 Å². The van der Waals surface area contributed by atoms with Gasteiger partial charge in [-0.1, -0.05) is 36.4 Å². The summed E-state index contributed by atoms with van der Waals surface area (Å²) in [6, 6.07) is 8.98. The summed E-state index contributed by atoms with van der Waals surface area (Å²) in [6.45, 7) is 7.88. The molecule has 0 saturated carbocycles. The summed E-state index contributed by atoms with van der Waals surface area (Å²) in [4.78, 5) is 12.5. The monoisotopic (exact) mass is 408 g/mol. The average molecular weight is 408 g/mol. The number of ketones is 1. The zero-order valence-electron chi connectivity index (χ0n) is 17.3. The number of carbonyl (C=O) groups excluding carboxylic acids is 1. The number of aromatic hydroxyl groups is 3. The Morgan fingerprint density at radius 2 is 1.73 bits per heavy atom. The molecular formula is C25H28O5. The second-order valence-electron chi connectivity index (χ2n) is 7.45. The molecular weight excluding hydrogens is 380 g/mol. The van der Waals surface area contributed by atoms with Crippen molar-refractivity contribution in [1.29, 1.82) is 0 Å². The van der Waals surface area contributed by atoms with Crippen molar-refractivity contribution in [3.63, 3.8) is 0 Å². The first-order valence-electron chi connectivity index (χ1n) is 9.73. The van der Waals surface area contributed by atoms with E-state index >= 15 is 0 Å². The molecule has 0 saturated heterocycles. The quantitative estimate of drug-likeness (QED) is 0.269. The molecule has 2 rings (SSSR count). The third kappa shape index (κ3) is 6.36. The van der Waals surface area contributed by atoms with Crippen molar-refractivity contribution in [3.05, 3.63) is 83.0 Å². The third-order valence-corrected chi connectivity index (χ3v) is 4.73. The SMILES string of the molecule is C=C(CCC=C(C)C)[C@@H](O)Cc1c(O)ccc(C(=O)/C=C/c2ccc(O)cc2)c1O. The Bertz CT molecular complexity index is 964. The molecule has 0 bridgehead atoms. The minimum Gasteiger partial charge on any atom is -0.508 e. The van der Waals surface area contributed by atoms with E-state index in [1.54, 1.807) is 18.2 Å². The van der Waals surface area contributed by atoms with Gasteiger partial charge in [0.15, 0.2) is 5.78 Å². The van der Waals surface area contributed by atoms with Crippen LogP contribution in [0.3, 0.4) is 0 Å². The summed E-state index contributed by atoms with van der Waals surface area (Å²) in [7, 11) is 0. The number of benzene rings is 2. The van der Waals surface area contributed by atoms with Crippen LogP contribution in [0.25, 0.3) is 6.08 Å². The Morgan fingerprint density at radius 1 is 1.07 bits per heavy atom. The van der Waals surface area contributed by atoms with Crippen LogP contribution in [-0.2, 0) is 6.42 Å². The number of phenolic OH excluding ortho intramolecular Hbond substituents is 3. The van der Waals surface area contributed by atoms with Crippen molar-refractivity contribution < 1.29 is 25.2 Å². The summed E-state index contributed by atoms with van der Waals surface area (Å²) >= 11 is 0. The summed E-state index contributed by atoms with van der Waals surface area (Å²) in [5, 5.41) is 40.4. The predicted molar refractivity (Wildman–Crippen MR) is 119 cm³/mol. The summed E-state index contributed by atoms with van der Waals surface area (Å²) in [5.74, 6) is -0.867. The van der Waals surface area contributed by atoms with E-state index in [1.807, 2.05) is 19.9 Å². The zero-order valence-corrected chi connectivity index (χ0v) is 17.3. The van der Waals surface area contributed by atoms with Crippen LogP contribution in [0, 0.1) is 0 Å². The average Bonchev–Trinajstić information content (AvgIpc) is 2.70. The molecule has 0 amide bonds. The van der Waals surface area contributed by atoms with Crippen LogP contribution < -0.4 is 0 Å². The fourth-order valence-electron chi connectivity index (χ4n) is 2.92. The highest BCUT2D eigenvalue weighted by atomic mass is 16.3. The number of rotatable bonds is 9. The standard InChI is InChI=1S/C25H28O5/c1-16(2)5-4-6-17(3)24(29)15-21-23(28)14-12-20(25(21)30)22(27)13-9-18-7-10-19(26)11-8-18/h5,7-14,24,26,28-30H,3-4,6,15H2,1-2H3/b13-9+/t24-/m0/s1. The van der Waals surface area contributed by atoms with Crippen LogP contribution >= 0.6 is 0 Å². The summed E-state index contributed by atoms with van der Waals surface area (Å²) < 4.78 is 0. The topological polar surface area (TPSA) is 98.0 Å². The van der Waals surface area contributed by atoms with E-state index in [4.69, 9.17) is 0 Å². The first-order chi connectivity index (χ1) is 14.2. The Morgan fingerprint density at radius 3 is 2.37 bits per heavy atom. The molecule has 2 aromatic rings. The van der Waals surface area contributed by atoms with Crippen LogP contribution in [0.15, 0.2) is 66.3 Å². The highest BCUT2D eigenvalue weighted by Crippen LogP contribution is 2.33. The molecule has 158 valence electrons. The molecule has 0 spiro atoms. The first kappa shape index (κ1) is 23.0. The van der Waals surface area contributed by atoms with Gasteiger partial charge in [-0.2, -0.15) is 0 Å². The van der Waals surface area contributed by atoms with E-state index < -0.39 is 11.9 Å². The van der Waals surface area contributed by atoms with Crippen molar-refractivity contribution in [3.8, 4) is 17.2 Å². The van der Waals surface area contributed by atoms with Crippen molar-refractivity contribution >= 4 is 11.9 Å². The first-order valence-corrected chi connectivity index (χ1v) is 9.73. The summed E-state index contributed by atoms with van der Waals surface area (Å²) in [5.41, 5.74) is 2.62. The number of hydrogen-bond acceptors (Lipinski definition) is 5. The van der Waals surface area contributed by atoms with Crippen molar-refractivity contribution in [2.24, 2.45) is 0 Å². The van der Waals surface area contributed by atoms with Crippen LogP contribution in [-0.4, -0.2) is 32.3 Å². The lowest BCUT2D eigenvalue weighted by atomic mass is 9.95. The fraction of sp³-hybridized carbons (Fsp3) is 0.240. The number of aliphatic hydroxyl groups is 1. The minimum absolute atomic E-state index is 0.0279. The van der Waals surface area contributed by atoms with Crippen LogP contribution in [0.2, 0.25) is 0 Å². The number of allylic oxidation sites excluding steroid dienone is 3. The Kier molecular flexibility index (Phi) is 8.01. The van der Waals surface area contributed by atoms with E-state index in [0.717, 1.165) is 6.42 Å². The van der Waals surface area contributed by atoms with Crippen LogP contribution in [0.1, 0.15) is 48.2 Å². The van der Waals surface area contributed by atoms with E-state index in [0.29, 0.717) is 17.6 Å². The van der Waals surface area contributed by atoms with Gasteiger partial charge in [0, 0.05) is 12.0 Å². The third-order valence-electron chi connectivity index (χ3n) is 4.73. The van der Waals surface area contributed by atoms with Gasteiger partial charge < -0.3 is 20.4 Å². The lowest BCUT2D eigenvalue weighted by molar-refractivity contribution is 0.104. The molecule has 30 heavy (non-hydrogen) atoms. The normalized spacial score (nSPS) is 12.0. The van der Waals surface area contributed by atoms with Gasteiger partial charge in [-0.05, 0) is 68.2 Å². The number of aliphatic hydroxyl groups excluding tert-OH is 1. The molecule has 0 aromatic heterocycles. The van der Waals surface area contributed by atoms with Gasteiger partial charge in [0.25, 0.3) is 0 Å². The van der Waals surface area contributed by atoms with Gasteiger partial charge >= 0.3 is 0 Å². The zero-order chi connectivity index (χ0) is 22.3. The van der Waals surface area contributed by atoms with E-state index in [9.17, 15) is 25.2 Å². The largest absolute Gasteiger partial charge is 0.508 e. The highest BCUT2D eigenvalue weighted by Gasteiger charge is 2.20. The number of carbonyl (C=O) groups is 1. The molecule has 0 fully saturated rings. The number of hydrogen-bond donors (Lipinski definition) is 4. The molecule has 4 N–H and O–H groups in total. The van der Waals surface area contributed by atoms with Gasteiger partial charge in [-0.25, -0.2) is 0 Å². The molecule has 0 aliphatic heterocycles. The molecule has 0 heterocycles. The predicted octanol–water partition coefficient (Wildman–Crippen LogP) is 4.91. The molecule has 2 aromatic carbocycles. The Hall–Kier alpha value is -3.31. The Balaban J connectivity index is 2.15. The number of phenols is 3. The lowest BCUT2D eigenvalue weighted by Crippen LogP contribution is -2.14. The maximum Gasteiger partial charge on any atom is 0.189 e. The second kappa shape index (κ2) is 10.5. The molecule has 5 nitrogen and oxygen atoms in total. The van der Waals surface area contributed by atoms with Crippen molar-refractivity contribution in [2.75, 3.05) is 0 Å². The van der Waals surface area contributed by atoms with E-state index in [2.05, 4.69) is 6.58 Å². The second-order valence-corrected chi connectivity index (χ2v) is 7.45. The molecule has 5 heteroatoms. The van der Waals surface area contributed by atoms with Crippen molar-refractivity contribution in [1.82, 2.24) is 0 Å². The minimum atomic E-state index is -0.953. The van der Waals surface area contributed by atoms with Gasteiger partial charge in [0.05, 0.1) is 11.7 Å². The van der Waals surface area contributed by atoms with Gasteiger partial charge in [-0.3, -0.25) is 4.79 Å². The molecule has 0 aliphatic carbocycles. The summed E-state index contributed by atoms with van der Waals surface area (Å²) in [6.07, 6.45) is 5.24. The van der Waals surface area contributed by atoms with Crippen LogP contribution in [0.4, 0.5) is 0 Å². The smallest absolute Gasteiger partial charge is 0.189 e. The van der Waals surface area contributed by atoms with Crippen molar-refractivity contribution in [2.45, 2.75) is 39.2 Å². The molecule has 0 radical (unpaired) electrons. The Labute approximate surface area is 177 Å². The van der Waals surface area contributed by atoms with E-state index in [1.165, 1.54) is 35.9 Å². The fourth-order valence-corrected chi connectivity index (χ4v) is 2.92. The van der Waals surface area contributed by atoms with Gasteiger partial charge in [0.1, 0.15) is 17.2 Å². The molecule has 1 atom stereocenters. The maximum atomic E-state index is 12.5. The lowest BCUT2D eigenvalue weighted by Gasteiger charge is -2.16. The van der Waals surface area contributed by atoms with E-state index in [-0.39, 0.29) is 34.8 Å². The highest BCUT2D eigenvalue weighted by molar-refractivity contribution is 6.09. The van der Waals surface area contributed by atoms with Gasteiger partial charge in [0.2, 0.25) is 0 Å². The molecule has 0 aliphatic rings. The molecule has 0 unspecified atom stereocenters.